The fraction of sp³-hybridized carbons (Fsp3) is 0.538. The Kier molecular flexibility index (Phi) is 8.84. The van der Waals surface area contributed by atoms with E-state index in [0.717, 1.165) is 59.0 Å². The number of hydrogen-bond donors (Lipinski definition) is 2. The molecule has 0 spiro atoms. The van der Waals surface area contributed by atoms with Crippen LogP contribution < -0.4 is 10.2 Å². The van der Waals surface area contributed by atoms with Gasteiger partial charge in [-0.15, -0.1) is 0 Å². The lowest BCUT2D eigenvalue weighted by atomic mass is 10.0. The Morgan fingerprint density at radius 1 is 1.21 bits per heavy atom. The summed E-state index contributed by atoms with van der Waals surface area (Å²) in [5, 5.41) is 3.16. The number of H-pyrrole nitrogens is 1. The second-order valence-electron chi connectivity index (χ2n) is 8.85. The van der Waals surface area contributed by atoms with Gasteiger partial charge in [-0.25, -0.2) is 9.97 Å². The molecule has 1 fully saturated rings. The highest BCUT2D eigenvalue weighted by molar-refractivity contribution is 7.85. The minimum absolute atomic E-state index is 0.277. The lowest BCUT2D eigenvalue weighted by Crippen LogP contribution is -2.45. The van der Waals surface area contributed by atoms with Crippen molar-refractivity contribution in [2.75, 3.05) is 38.0 Å². The zero-order chi connectivity index (χ0) is 24.9. The third-order valence-electron chi connectivity index (χ3n) is 6.38. The average Bonchev–Trinajstić information content (AvgIpc) is 3.26. The van der Waals surface area contributed by atoms with Gasteiger partial charge in [0.15, 0.2) is 0 Å². The highest BCUT2D eigenvalue weighted by Gasteiger charge is 2.29. The Labute approximate surface area is 206 Å². The predicted octanol–water partition coefficient (Wildman–Crippen LogP) is 4.60. The normalized spacial score (nSPS) is 17.4. The van der Waals surface area contributed by atoms with E-state index in [0.29, 0.717) is 13.2 Å². The van der Waals surface area contributed by atoms with Crippen molar-refractivity contribution in [1.29, 1.82) is 0 Å². The molecule has 2 N–H and O–H groups in total. The van der Waals surface area contributed by atoms with Crippen LogP contribution in [0.25, 0.3) is 22.4 Å². The molecule has 8 heteroatoms. The minimum Gasteiger partial charge on any atom is -0.377 e. The highest BCUT2D eigenvalue weighted by Crippen LogP contribution is 2.33. The fourth-order valence-electron chi connectivity index (χ4n) is 4.10. The molecule has 2 atom stereocenters. The van der Waals surface area contributed by atoms with E-state index in [2.05, 4.69) is 40.3 Å². The number of ether oxygens (including phenoxy) is 1. The Hall–Kier alpha value is -2.29. The van der Waals surface area contributed by atoms with Gasteiger partial charge in [0.05, 0.1) is 46.4 Å². The Morgan fingerprint density at radius 2 is 1.97 bits per heavy atom. The van der Waals surface area contributed by atoms with Crippen LogP contribution >= 0.6 is 0 Å². The SMILES string of the molecule is CC.CC[C@H]1COCCN1c1cc(C(C)(C)S(C)=O)cc(-c2ccc3[nH]c(CNC)cc3n2)n1. The first-order valence-electron chi connectivity index (χ1n) is 12.2. The number of fused-ring (bicyclic) bond motifs is 1. The second kappa shape index (κ2) is 11.4. The van der Waals surface area contributed by atoms with Crippen molar-refractivity contribution < 1.29 is 8.95 Å². The van der Waals surface area contributed by atoms with Crippen LogP contribution in [0.15, 0.2) is 30.3 Å². The van der Waals surface area contributed by atoms with Crippen LogP contribution in [-0.4, -0.2) is 58.3 Å². The van der Waals surface area contributed by atoms with Gasteiger partial charge in [0.2, 0.25) is 0 Å². The molecule has 4 rings (SSSR count). The molecule has 1 unspecified atom stereocenters. The van der Waals surface area contributed by atoms with Crippen LogP contribution in [0.4, 0.5) is 5.82 Å². The number of rotatable bonds is 7. The molecule has 0 aliphatic carbocycles. The van der Waals surface area contributed by atoms with Crippen molar-refractivity contribution in [2.24, 2.45) is 0 Å². The number of hydrogen-bond acceptors (Lipinski definition) is 6. The van der Waals surface area contributed by atoms with Crippen LogP contribution in [0.2, 0.25) is 0 Å². The standard InChI is InChI=1S/C24H33N5O2S.C2H6/c1-6-18-15-31-10-9-29(18)23-12-16(24(2,3)32(5)30)11-21(28-23)20-8-7-19-22(27-20)13-17(26-19)14-25-4;1-2/h7-8,11-13,18,25-26H,6,9-10,14-15H2,1-5H3;1-2H3/t18-,32?;/m0./s1. The third kappa shape index (κ3) is 5.50. The first-order chi connectivity index (χ1) is 16.3. The van der Waals surface area contributed by atoms with Gasteiger partial charge in [-0.05, 0) is 63.2 Å². The van der Waals surface area contributed by atoms with E-state index in [4.69, 9.17) is 14.7 Å². The van der Waals surface area contributed by atoms with Gasteiger partial charge in [0.25, 0.3) is 0 Å². The summed E-state index contributed by atoms with van der Waals surface area (Å²) in [4.78, 5) is 15.7. The van der Waals surface area contributed by atoms with Crippen LogP contribution in [-0.2, 0) is 26.8 Å². The van der Waals surface area contributed by atoms with Crippen molar-refractivity contribution in [2.45, 2.75) is 58.4 Å². The van der Waals surface area contributed by atoms with Gasteiger partial charge in [-0.3, -0.25) is 4.21 Å². The highest BCUT2D eigenvalue weighted by atomic mass is 32.2. The summed E-state index contributed by atoms with van der Waals surface area (Å²) >= 11 is 0. The van der Waals surface area contributed by atoms with Gasteiger partial charge in [-0.2, -0.15) is 0 Å². The van der Waals surface area contributed by atoms with Crippen molar-refractivity contribution >= 4 is 27.7 Å². The van der Waals surface area contributed by atoms with Gasteiger partial charge in [0.1, 0.15) is 5.82 Å². The van der Waals surface area contributed by atoms with E-state index in [9.17, 15) is 4.21 Å². The number of aromatic amines is 1. The first-order valence-corrected chi connectivity index (χ1v) is 13.7. The molecule has 1 saturated heterocycles. The summed E-state index contributed by atoms with van der Waals surface area (Å²) < 4.78 is 17.8. The van der Waals surface area contributed by atoms with Gasteiger partial charge in [0, 0.05) is 35.8 Å². The summed E-state index contributed by atoms with van der Waals surface area (Å²) in [6.45, 7) is 13.2. The van der Waals surface area contributed by atoms with Gasteiger partial charge >= 0.3 is 0 Å². The molecule has 0 amide bonds. The van der Waals surface area contributed by atoms with E-state index in [1.807, 2.05) is 46.9 Å². The molecule has 0 aromatic carbocycles. The molecule has 186 valence electrons. The zero-order valence-corrected chi connectivity index (χ0v) is 22.4. The largest absolute Gasteiger partial charge is 0.377 e. The molecule has 0 bridgehead atoms. The number of nitrogens with one attached hydrogen (secondary N) is 2. The van der Waals surface area contributed by atoms with Gasteiger partial charge < -0.3 is 19.9 Å². The molecule has 1 aliphatic heterocycles. The summed E-state index contributed by atoms with van der Waals surface area (Å²) in [5.41, 5.74) is 5.63. The molecule has 7 nitrogen and oxygen atoms in total. The molecular formula is C26H39N5O2S. The van der Waals surface area contributed by atoms with Gasteiger partial charge in [-0.1, -0.05) is 20.8 Å². The van der Waals surface area contributed by atoms with Crippen LogP contribution in [0.5, 0.6) is 0 Å². The quantitative estimate of drug-likeness (QED) is 0.509. The van der Waals surface area contributed by atoms with Crippen molar-refractivity contribution in [1.82, 2.24) is 20.3 Å². The molecule has 0 radical (unpaired) electrons. The van der Waals surface area contributed by atoms with E-state index >= 15 is 0 Å². The number of nitrogens with zero attached hydrogens (tertiary/aromatic N) is 3. The fourth-order valence-corrected chi connectivity index (χ4v) is 4.55. The van der Waals surface area contributed by atoms with Crippen molar-refractivity contribution in [3.05, 3.63) is 41.6 Å². The van der Waals surface area contributed by atoms with Crippen LogP contribution in [0.1, 0.15) is 52.3 Å². The van der Waals surface area contributed by atoms with Crippen molar-refractivity contribution in [3.63, 3.8) is 0 Å². The smallest absolute Gasteiger partial charge is 0.130 e. The average molecular weight is 486 g/mol. The topological polar surface area (TPSA) is 83.1 Å². The Morgan fingerprint density at radius 3 is 2.65 bits per heavy atom. The van der Waals surface area contributed by atoms with E-state index in [-0.39, 0.29) is 6.04 Å². The van der Waals surface area contributed by atoms with E-state index in [1.54, 1.807) is 6.26 Å². The maximum Gasteiger partial charge on any atom is 0.130 e. The van der Waals surface area contributed by atoms with Crippen molar-refractivity contribution in [3.8, 4) is 11.4 Å². The zero-order valence-electron chi connectivity index (χ0n) is 21.6. The lowest BCUT2D eigenvalue weighted by Gasteiger charge is -2.37. The molecule has 3 aromatic rings. The first kappa shape index (κ1) is 26.3. The maximum atomic E-state index is 12.6. The van der Waals surface area contributed by atoms with E-state index < -0.39 is 15.5 Å². The summed E-state index contributed by atoms with van der Waals surface area (Å²) in [6.07, 6.45) is 2.74. The third-order valence-corrected chi connectivity index (χ3v) is 8.05. The summed E-state index contributed by atoms with van der Waals surface area (Å²) in [7, 11) is 0.887. The number of anilines is 1. The minimum atomic E-state index is -1.04. The molecule has 1 aliphatic rings. The molecule has 0 saturated carbocycles. The molecule has 4 heterocycles. The van der Waals surface area contributed by atoms with Crippen LogP contribution in [0, 0.1) is 0 Å². The maximum absolute atomic E-state index is 12.6. The summed E-state index contributed by atoms with van der Waals surface area (Å²) in [6, 6.07) is 10.5. The lowest BCUT2D eigenvalue weighted by molar-refractivity contribution is 0.0926. The predicted molar refractivity (Wildman–Crippen MR) is 143 cm³/mol. The van der Waals surface area contributed by atoms with E-state index in [1.165, 1.54) is 0 Å². The molecule has 34 heavy (non-hydrogen) atoms. The summed E-state index contributed by atoms with van der Waals surface area (Å²) in [5.74, 6) is 0.901. The monoisotopic (exact) mass is 485 g/mol. The second-order valence-corrected chi connectivity index (χ2v) is 10.8. The number of aromatic nitrogens is 3. The molecule has 3 aromatic heterocycles. The number of morpholine rings is 1. The van der Waals surface area contributed by atoms with Crippen LogP contribution in [0.3, 0.4) is 0 Å². The number of pyridine rings is 2. The Bertz CT molecular complexity index is 1130. The molecular weight excluding hydrogens is 446 g/mol. The Balaban J connectivity index is 0.00000158.